The Morgan fingerprint density at radius 1 is 1.38 bits per heavy atom. The van der Waals surface area contributed by atoms with Gasteiger partial charge in [0.1, 0.15) is 5.69 Å². The zero-order valence-corrected chi connectivity index (χ0v) is 11.6. The topological polar surface area (TPSA) is 108 Å². The summed E-state index contributed by atoms with van der Waals surface area (Å²) in [7, 11) is 0. The minimum Gasteiger partial charge on any atom is -0.477 e. The number of carboxylic acid groups (broad SMARTS) is 1. The number of hydrogen-bond acceptors (Lipinski definition) is 4. The average Bonchev–Trinajstić information content (AvgIpc) is 3.16. The fourth-order valence-electron chi connectivity index (χ4n) is 1.94. The van der Waals surface area contributed by atoms with Gasteiger partial charge < -0.3 is 15.7 Å². The Balaban J connectivity index is 1.71. The second kappa shape index (κ2) is 6.34. The van der Waals surface area contributed by atoms with Crippen LogP contribution in [0.1, 0.15) is 30.3 Å². The second-order valence-electron chi connectivity index (χ2n) is 5.15. The van der Waals surface area contributed by atoms with Crippen LogP contribution in [0.15, 0.2) is 18.3 Å². The van der Waals surface area contributed by atoms with Crippen molar-refractivity contribution in [1.29, 1.82) is 0 Å². The third-order valence-corrected chi connectivity index (χ3v) is 3.36. The monoisotopic (exact) mass is 291 g/mol. The van der Waals surface area contributed by atoms with E-state index in [9.17, 15) is 14.4 Å². The lowest BCUT2D eigenvalue weighted by Crippen LogP contribution is -2.29. The van der Waals surface area contributed by atoms with Crippen molar-refractivity contribution in [2.75, 3.05) is 11.9 Å². The van der Waals surface area contributed by atoms with E-state index in [1.165, 1.54) is 18.3 Å². The molecule has 1 aromatic heterocycles. The minimum absolute atomic E-state index is 0.00257. The largest absolute Gasteiger partial charge is 0.477 e. The van der Waals surface area contributed by atoms with Crippen LogP contribution < -0.4 is 10.6 Å². The molecule has 0 spiro atoms. The molecule has 7 nitrogen and oxygen atoms in total. The van der Waals surface area contributed by atoms with Crippen LogP contribution >= 0.6 is 0 Å². The summed E-state index contributed by atoms with van der Waals surface area (Å²) in [5.74, 6) is -0.838. The minimum atomic E-state index is -1.12. The first-order valence-corrected chi connectivity index (χ1v) is 6.74. The Labute approximate surface area is 121 Å². The summed E-state index contributed by atoms with van der Waals surface area (Å²) in [5.41, 5.74) is 0.339. The Morgan fingerprint density at radius 3 is 2.62 bits per heavy atom. The molecule has 7 heteroatoms. The van der Waals surface area contributed by atoms with E-state index in [0.29, 0.717) is 11.6 Å². The lowest BCUT2D eigenvalue weighted by Gasteiger charge is -2.06. The summed E-state index contributed by atoms with van der Waals surface area (Å²) in [6.07, 6.45) is 2.36. The van der Waals surface area contributed by atoms with Crippen molar-refractivity contribution in [2.45, 2.75) is 19.8 Å². The Hall–Kier alpha value is -2.44. The molecule has 2 amide bonds. The van der Waals surface area contributed by atoms with Gasteiger partial charge in [-0.2, -0.15) is 0 Å². The van der Waals surface area contributed by atoms with E-state index in [4.69, 9.17) is 5.11 Å². The standard InChI is InChI=1S/C14H17N3O4/c1-8-6-10(8)13(19)15-5-4-12(18)17-9-2-3-11(14(20)21)16-7-9/h2-3,7-8,10H,4-6H2,1H3,(H,15,19)(H,17,18)(H,20,21). The molecular formula is C14H17N3O4. The Kier molecular flexibility index (Phi) is 4.52. The molecule has 1 saturated carbocycles. The lowest BCUT2D eigenvalue weighted by atomic mass is 10.3. The van der Waals surface area contributed by atoms with Crippen molar-refractivity contribution < 1.29 is 19.5 Å². The molecule has 0 radical (unpaired) electrons. The molecule has 1 aliphatic carbocycles. The number of nitrogens with one attached hydrogen (secondary N) is 2. The normalized spacial score (nSPS) is 19.7. The number of carboxylic acids is 1. The van der Waals surface area contributed by atoms with Crippen LogP contribution in [0.5, 0.6) is 0 Å². The van der Waals surface area contributed by atoms with Crippen LogP contribution in [0.2, 0.25) is 0 Å². The zero-order valence-electron chi connectivity index (χ0n) is 11.6. The number of aromatic nitrogens is 1. The summed E-state index contributed by atoms with van der Waals surface area (Å²) < 4.78 is 0. The van der Waals surface area contributed by atoms with Gasteiger partial charge >= 0.3 is 5.97 Å². The highest BCUT2D eigenvalue weighted by Gasteiger charge is 2.38. The number of hydrogen-bond donors (Lipinski definition) is 3. The van der Waals surface area contributed by atoms with E-state index in [1.807, 2.05) is 6.92 Å². The van der Waals surface area contributed by atoms with Gasteiger partial charge in [0, 0.05) is 18.9 Å². The molecule has 0 bridgehead atoms. The molecule has 21 heavy (non-hydrogen) atoms. The third-order valence-electron chi connectivity index (χ3n) is 3.36. The number of aromatic carboxylic acids is 1. The van der Waals surface area contributed by atoms with Gasteiger partial charge in [0.2, 0.25) is 11.8 Å². The van der Waals surface area contributed by atoms with Crippen LogP contribution in [-0.2, 0) is 9.59 Å². The van der Waals surface area contributed by atoms with Gasteiger partial charge in [-0.25, -0.2) is 9.78 Å². The Bertz CT molecular complexity index is 556. The van der Waals surface area contributed by atoms with Gasteiger partial charge in [-0.05, 0) is 24.5 Å². The summed E-state index contributed by atoms with van der Waals surface area (Å²) in [4.78, 5) is 37.5. The molecule has 0 aromatic carbocycles. The van der Waals surface area contributed by atoms with Gasteiger partial charge in [0.05, 0.1) is 11.9 Å². The van der Waals surface area contributed by atoms with Crippen LogP contribution in [0, 0.1) is 11.8 Å². The number of carbonyl (C=O) groups excluding carboxylic acids is 2. The van der Waals surface area contributed by atoms with Gasteiger partial charge in [0.15, 0.2) is 0 Å². The molecular weight excluding hydrogens is 274 g/mol. The number of rotatable bonds is 6. The number of nitrogens with zero attached hydrogens (tertiary/aromatic N) is 1. The molecule has 2 atom stereocenters. The molecule has 2 unspecified atom stereocenters. The van der Waals surface area contributed by atoms with E-state index < -0.39 is 5.97 Å². The van der Waals surface area contributed by atoms with E-state index in [-0.39, 0.29) is 36.4 Å². The lowest BCUT2D eigenvalue weighted by molar-refractivity contribution is -0.122. The van der Waals surface area contributed by atoms with Crippen LogP contribution in [0.25, 0.3) is 0 Å². The number of carbonyl (C=O) groups is 3. The molecule has 3 N–H and O–H groups in total. The molecule has 1 aromatic rings. The fraction of sp³-hybridized carbons (Fsp3) is 0.429. The molecule has 2 rings (SSSR count). The number of amides is 2. The van der Waals surface area contributed by atoms with Gasteiger partial charge in [-0.3, -0.25) is 9.59 Å². The molecule has 1 heterocycles. The first-order valence-electron chi connectivity index (χ1n) is 6.74. The summed E-state index contributed by atoms with van der Waals surface area (Å²) in [6, 6.07) is 2.78. The maximum Gasteiger partial charge on any atom is 0.354 e. The van der Waals surface area contributed by atoms with Crippen molar-refractivity contribution in [1.82, 2.24) is 10.3 Å². The Morgan fingerprint density at radius 2 is 2.10 bits per heavy atom. The van der Waals surface area contributed by atoms with E-state index in [1.54, 1.807) is 0 Å². The number of pyridine rings is 1. The predicted molar refractivity (Wildman–Crippen MR) is 74.7 cm³/mol. The fourth-order valence-corrected chi connectivity index (χ4v) is 1.94. The van der Waals surface area contributed by atoms with Crippen molar-refractivity contribution in [3.8, 4) is 0 Å². The van der Waals surface area contributed by atoms with Gasteiger partial charge in [0.25, 0.3) is 0 Å². The summed E-state index contributed by atoms with van der Waals surface area (Å²) in [6.45, 7) is 2.30. The first kappa shape index (κ1) is 15.0. The van der Waals surface area contributed by atoms with Gasteiger partial charge in [-0.15, -0.1) is 0 Å². The smallest absolute Gasteiger partial charge is 0.354 e. The molecule has 0 aliphatic heterocycles. The highest BCUT2D eigenvalue weighted by Crippen LogP contribution is 2.37. The van der Waals surface area contributed by atoms with E-state index in [0.717, 1.165) is 6.42 Å². The average molecular weight is 291 g/mol. The highest BCUT2D eigenvalue weighted by molar-refractivity contribution is 5.92. The second-order valence-corrected chi connectivity index (χ2v) is 5.15. The SMILES string of the molecule is CC1CC1C(=O)NCCC(=O)Nc1ccc(C(=O)O)nc1. The summed E-state index contributed by atoms with van der Waals surface area (Å²) >= 11 is 0. The molecule has 1 aliphatic rings. The van der Waals surface area contributed by atoms with E-state index in [2.05, 4.69) is 15.6 Å². The van der Waals surface area contributed by atoms with Crippen molar-refractivity contribution in [3.05, 3.63) is 24.0 Å². The number of anilines is 1. The quantitative estimate of drug-likeness (QED) is 0.721. The first-order chi connectivity index (χ1) is 9.97. The van der Waals surface area contributed by atoms with Crippen molar-refractivity contribution >= 4 is 23.5 Å². The predicted octanol–water partition coefficient (Wildman–Crippen LogP) is 0.881. The van der Waals surface area contributed by atoms with Gasteiger partial charge in [-0.1, -0.05) is 6.92 Å². The van der Waals surface area contributed by atoms with Crippen molar-refractivity contribution in [3.63, 3.8) is 0 Å². The van der Waals surface area contributed by atoms with Crippen LogP contribution in [0.3, 0.4) is 0 Å². The van der Waals surface area contributed by atoms with Crippen LogP contribution in [0.4, 0.5) is 5.69 Å². The maximum atomic E-state index is 11.7. The summed E-state index contributed by atoms with van der Waals surface area (Å²) in [5, 5.41) is 14.0. The van der Waals surface area contributed by atoms with Crippen molar-refractivity contribution in [2.24, 2.45) is 11.8 Å². The maximum absolute atomic E-state index is 11.7. The molecule has 0 saturated heterocycles. The third kappa shape index (κ3) is 4.27. The molecule has 112 valence electrons. The highest BCUT2D eigenvalue weighted by atomic mass is 16.4. The molecule has 1 fully saturated rings. The van der Waals surface area contributed by atoms with Crippen LogP contribution in [-0.4, -0.2) is 34.4 Å². The zero-order chi connectivity index (χ0) is 15.4. The van der Waals surface area contributed by atoms with E-state index >= 15 is 0 Å².